The minimum Gasteiger partial charge on any atom is -0.463 e. The maximum atomic E-state index is 5.75. The Balaban J connectivity index is 2.50. The predicted octanol–water partition coefficient (Wildman–Crippen LogP) is 4.23. The van der Waals surface area contributed by atoms with Crippen molar-refractivity contribution in [3.63, 3.8) is 0 Å². The highest BCUT2D eigenvalue weighted by molar-refractivity contribution is 5.57. The van der Waals surface area contributed by atoms with Gasteiger partial charge in [-0.1, -0.05) is 50.3 Å². The van der Waals surface area contributed by atoms with Crippen LogP contribution in [0.25, 0.3) is 5.76 Å². The third-order valence-corrected chi connectivity index (χ3v) is 2.41. The summed E-state index contributed by atoms with van der Waals surface area (Å²) in [6, 6.07) is 9.86. The van der Waals surface area contributed by atoms with E-state index in [2.05, 4.69) is 13.5 Å². The van der Waals surface area contributed by atoms with Crippen molar-refractivity contribution < 1.29 is 9.47 Å². The third kappa shape index (κ3) is 5.05. The predicted molar refractivity (Wildman–Crippen MR) is 71.5 cm³/mol. The first-order valence-electron chi connectivity index (χ1n) is 6.12. The van der Waals surface area contributed by atoms with Crippen molar-refractivity contribution in [1.29, 1.82) is 0 Å². The van der Waals surface area contributed by atoms with Gasteiger partial charge in [0.15, 0.2) is 0 Å². The van der Waals surface area contributed by atoms with Crippen LogP contribution in [0.4, 0.5) is 0 Å². The SMILES string of the molecule is C=C(OC(C)(C)OCCCC)c1ccccc1. The van der Waals surface area contributed by atoms with Gasteiger partial charge in [0.2, 0.25) is 5.79 Å². The number of ether oxygens (including phenoxy) is 2. The lowest BCUT2D eigenvalue weighted by Gasteiger charge is -2.27. The van der Waals surface area contributed by atoms with Gasteiger partial charge in [0.25, 0.3) is 0 Å². The zero-order valence-electron chi connectivity index (χ0n) is 11.0. The van der Waals surface area contributed by atoms with Gasteiger partial charge in [0, 0.05) is 19.4 Å². The van der Waals surface area contributed by atoms with Crippen molar-refractivity contribution >= 4 is 5.76 Å². The summed E-state index contributed by atoms with van der Waals surface area (Å²) in [5, 5.41) is 0. The average molecular weight is 234 g/mol. The van der Waals surface area contributed by atoms with Crippen molar-refractivity contribution in [2.45, 2.75) is 39.4 Å². The van der Waals surface area contributed by atoms with E-state index in [0.717, 1.165) is 18.4 Å². The highest BCUT2D eigenvalue weighted by atomic mass is 16.7. The minimum atomic E-state index is -0.623. The second kappa shape index (κ2) is 6.45. The molecular weight excluding hydrogens is 212 g/mol. The largest absolute Gasteiger partial charge is 0.463 e. The van der Waals surface area contributed by atoms with Crippen LogP contribution in [0.2, 0.25) is 0 Å². The molecule has 1 aromatic rings. The molecule has 2 nitrogen and oxygen atoms in total. The first-order chi connectivity index (χ1) is 8.05. The number of hydrogen-bond donors (Lipinski definition) is 0. The number of benzene rings is 1. The van der Waals surface area contributed by atoms with Gasteiger partial charge in [-0.3, -0.25) is 0 Å². The molecule has 0 spiro atoms. The first-order valence-corrected chi connectivity index (χ1v) is 6.12. The molecule has 0 aliphatic carbocycles. The van der Waals surface area contributed by atoms with E-state index in [1.807, 2.05) is 44.2 Å². The first kappa shape index (κ1) is 13.8. The van der Waals surface area contributed by atoms with E-state index in [1.165, 1.54) is 0 Å². The molecule has 2 heteroatoms. The van der Waals surface area contributed by atoms with Crippen LogP contribution in [0, 0.1) is 0 Å². The highest BCUT2D eigenvalue weighted by Gasteiger charge is 2.20. The lowest BCUT2D eigenvalue weighted by molar-refractivity contribution is -0.172. The van der Waals surface area contributed by atoms with Gasteiger partial charge in [-0.15, -0.1) is 0 Å². The molecule has 0 unspecified atom stereocenters. The van der Waals surface area contributed by atoms with Crippen LogP contribution in [-0.2, 0) is 9.47 Å². The van der Waals surface area contributed by atoms with Gasteiger partial charge in [-0.2, -0.15) is 0 Å². The molecular formula is C15H22O2. The number of hydrogen-bond acceptors (Lipinski definition) is 2. The fraction of sp³-hybridized carbons (Fsp3) is 0.467. The Morgan fingerprint density at radius 3 is 2.47 bits per heavy atom. The van der Waals surface area contributed by atoms with Crippen LogP contribution in [0.15, 0.2) is 36.9 Å². The molecule has 0 aliphatic rings. The van der Waals surface area contributed by atoms with E-state index in [-0.39, 0.29) is 0 Å². The molecule has 0 atom stereocenters. The zero-order chi connectivity index (χ0) is 12.7. The summed E-state index contributed by atoms with van der Waals surface area (Å²) in [6.07, 6.45) is 2.17. The van der Waals surface area contributed by atoms with E-state index in [4.69, 9.17) is 9.47 Å². The van der Waals surface area contributed by atoms with Crippen LogP contribution < -0.4 is 0 Å². The molecule has 0 saturated heterocycles. The molecule has 0 fully saturated rings. The summed E-state index contributed by atoms with van der Waals surface area (Å²) >= 11 is 0. The Bertz CT molecular complexity index is 341. The molecule has 0 aliphatic heterocycles. The molecule has 1 aromatic carbocycles. The Morgan fingerprint density at radius 2 is 1.88 bits per heavy atom. The summed E-state index contributed by atoms with van der Waals surface area (Å²) < 4.78 is 11.4. The molecule has 94 valence electrons. The number of rotatable bonds is 7. The minimum absolute atomic E-state index is 0.623. The Morgan fingerprint density at radius 1 is 1.24 bits per heavy atom. The van der Waals surface area contributed by atoms with Crippen molar-refractivity contribution in [1.82, 2.24) is 0 Å². The second-order valence-electron chi connectivity index (χ2n) is 4.49. The molecule has 1 rings (SSSR count). The van der Waals surface area contributed by atoms with Gasteiger partial charge < -0.3 is 9.47 Å². The summed E-state index contributed by atoms with van der Waals surface area (Å²) in [6.45, 7) is 10.6. The number of unbranched alkanes of at least 4 members (excludes halogenated alkanes) is 1. The zero-order valence-corrected chi connectivity index (χ0v) is 11.0. The van der Waals surface area contributed by atoms with Crippen LogP contribution in [0.1, 0.15) is 39.2 Å². The fourth-order valence-electron chi connectivity index (χ4n) is 1.47. The van der Waals surface area contributed by atoms with Gasteiger partial charge in [0.1, 0.15) is 5.76 Å². The molecule has 0 saturated carbocycles. The van der Waals surface area contributed by atoms with Crippen molar-refractivity contribution in [2.75, 3.05) is 6.61 Å². The fourth-order valence-corrected chi connectivity index (χ4v) is 1.47. The lowest BCUT2D eigenvalue weighted by atomic mass is 10.2. The van der Waals surface area contributed by atoms with E-state index >= 15 is 0 Å². The van der Waals surface area contributed by atoms with E-state index < -0.39 is 5.79 Å². The summed E-state index contributed by atoms with van der Waals surface area (Å²) in [4.78, 5) is 0. The Kier molecular flexibility index (Phi) is 5.23. The Labute approximate surface area is 104 Å². The van der Waals surface area contributed by atoms with Crippen LogP contribution in [0.5, 0.6) is 0 Å². The van der Waals surface area contributed by atoms with Crippen molar-refractivity contribution in [3.8, 4) is 0 Å². The van der Waals surface area contributed by atoms with Crippen LogP contribution >= 0.6 is 0 Å². The van der Waals surface area contributed by atoms with E-state index in [9.17, 15) is 0 Å². The normalized spacial score (nSPS) is 11.2. The molecule has 0 radical (unpaired) electrons. The van der Waals surface area contributed by atoms with Crippen LogP contribution in [0.3, 0.4) is 0 Å². The quantitative estimate of drug-likeness (QED) is 0.399. The summed E-state index contributed by atoms with van der Waals surface area (Å²) in [5.74, 6) is 0.0225. The van der Waals surface area contributed by atoms with Gasteiger partial charge >= 0.3 is 0 Å². The molecule has 17 heavy (non-hydrogen) atoms. The molecule has 0 bridgehead atoms. The van der Waals surface area contributed by atoms with Gasteiger partial charge in [-0.05, 0) is 6.42 Å². The topological polar surface area (TPSA) is 18.5 Å². The van der Waals surface area contributed by atoms with Crippen LogP contribution in [-0.4, -0.2) is 12.4 Å². The maximum Gasteiger partial charge on any atom is 0.204 e. The molecule has 0 aromatic heterocycles. The van der Waals surface area contributed by atoms with Gasteiger partial charge in [0.05, 0.1) is 6.61 Å². The Hall–Kier alpha value is -1.28. The summed E-state index contributed by atoms with van der Waals surface area (Å²) in [5.41, 5.74) is 0.986. The third-order valence-electron chi connectivity index (χ3n) is 2.41. The lowest BCUT2D eigenvalue weighted by Crippen LogP contribution is -2.28. The van der Waals surface area contributed by atoms with Crippen molar-refractivity contribution in [2.24, 2.45) is 0 Å². The maximum absolute atomic E-state index is 5.75. The smallest absolute Gasteiger partial charge is 0.204 e. The van der Waals surface area contributed by atoms with Gasteiger partial charge in [-0.25, -0.2) is 0 Å². The standard InChI is InChI=1S/C15H22O2/c1-5-6-12-16-15(3,4)17-13(2)14-10-8-7-9-11-14/h7-11H,2,5-6,12H2,1,3-4H3. The second-order valence-corrected chi connectivity index (χ2v) is 4.49. The van der Waals surface area contributed by atoms with E-state index in [1.54, 1.807) is 0 Å². The molecule has 0 amide bonds. The summed E-state index contributed by atoms with van der Waals surface area (Å²) in [7, 11) is 0. The molecule has 0 N–H and O–H groups in total. The van der Waals surface area contributed by atoms with E-state index in [0.29, 0.717) is 12.4 Å². The molecule has 0 heterocycles. The monoisotopic (exact) mass is 234 g/mol. The average Bonchev–Trinajstić information content (AvgIpc) is 2.30. The highest BCUT2D eigenvalue weighted by Crippen LogP contribution is 2.22. The van der Waals surface area contributed by atoms with Crippen molar-refractivity contribution in [3.05, 3.63) is 42.5 Å².